The van der Waals surface area contributed by atoms with Gasteiger partial charge < -0.3 is 5.11 Å². The Morgan fingerprint density at radius 2 is 2.33 bits per heavy atom. The van der Waals surface area contributed by atoms with E-state index in [0.29, 0.717) is 6.04 Å². The van der Waals surface area contributed by atoms with Crippen molar-refractivity contribution in [1.29, 1.82) is 0 Å². The highest BCUT2D eigenvalue weighted by atomic mass is 16.3. The van der Waals surface area contributed by atoms with Gasteiger partial charge >= 0.3 is 0 Å². The third-order valence-corrected chi connectivity index (χ3v) is 2.94. The Morgan fingerprint density at radius 1 is 1.40 bits per heavy atom. The Balaban J connectivity index is 1.97. The van der Waals surface area contributed by atoms with Crippen LogP contribution in [0.5, 0.6) is 0 Å². The number of likely N-dealkylation sites (tertiary alicyclic amines) is 1. The van der Waals surface area contributed by atoms with E-state index in [1.807, 2.05) is 0 Å². The Morgan fingerprint density at radius 3 is 3.07 bits per heavy atom. The largest absolute Gasteiger partial charge is 0.395 e. The molecule has 0 saturated carbocycles. The molecule has 0 radical (unpaired) electrons. The van der Waals surface area contributed by atoms with Crippen molar-refractivity contribution >= 4 is 0 Å². The summed E-state index contributed by atoms with van der Waals surface area (Å²) in [5.41, 5.74) is 0.984. The average molecular weight is 207 g/mol. The van der Waals surface area contributed by atoms with Crippen LogP contribution < -0.4 is 0 Å². The van der Waals surface area contributed by atoms with Gasteiger partial charge in [0.05, 0.1) is 12.3 Å². The maximum atomic E-state index is 9.26. The highest BCUT2D eigenvalue weighted by molar-refractivity contribution is 4.95. The first kappa shape index (κ1) is 10.5. The molecule has 0 aliphatic carbocycles. The van der Waals surface area contributed by atoms with Gasteiger partial charge in [0.2, 0.25) is 0 Å². The molecular formula is C11H17N3O. The minimum Gasteiger partial charge on any atom is -0.395 e. The van der Waals surface area contributed by atoms with E-state index in [0.717, 1.165) is 25.2 Å². The molecule has 1 aliphatic rings. The molecule has 1 fully saturated rings. The van der Waals surface area contributed by atoms with Crippen molar-refractivity contribution in [3.05, 3.63) is 24.3 Å². The topological polar surface area (TPSA) is 49.2 Å². The summed E-state index contributed by atoms with van der Waals surface area (Å²) in [7, 11) is 0. The van der Waals surface area contributed by atoms with Crippen LogP contribution in [0.25, 0.3) is 0 Å². The Labute approximate surface area is 90.0 Å². The van der Waals surface area contributed by atoms with E-state index in [9.17, 15) is 5.11 Å². The van der Waals surface area contributed by atoms with Crippen LogP contribution in [0.1, 0.15) is 25.0 Å². The minimum absolute atomic E-state index is 0.250. The summed E-state index contributed by atoms with van der Waals surface area (Å²) in [6.45, 7) is 2.11. The van der Waals surface area contributed by atoms with Gasteiger partial charge in [0.25, 0.3) is 0 Å². The third kappa shape index (κ3) is 2.73. The second-order valence-corrected chi connectivity index (χ2v) is 4.00. The van der Waals surface area contributed by atoms with Gasteiger partial charge in [-0.2, -0.15) is 0 Å². The number of rotatable bonds is 3. The van der Waals surface area contributed by atoms with Crippen LogP contribution in [0.3, 0.4) is 0 Å². The molecule has 1 saturated heterocycles. The van der Waals surface area contributed by atoms with Crippen LogP contribution in [-0.2, 0) is 6.54 Å². The molecule has 1 atom stereocenters. The zero-order valence-electron chi connectivity index (χ0n) is 8.84. The maximum absolute atomic E-state index is 9.26. The van der Waals surface area contributed by atoms with Crippen molar-refractivity contribution in [1.82, 2.24) is 14.9 Å². The van der Waals surface area contributed by atoms with Crippen LogP contribution in [0, 0.1) is 0 Å². The lowest BCUT2D eigenvalue weighted by molar-refractivity contribution is 0.0830. The molecule has 1 N–H and O–H groups in total. The maximum Gasteiger partial charge on any atom is 0.0726 e. The highest BCUT2D eigenvalue weighted by Crippen LogP contribution is 2.18. The highest BCUT2D eigenvalue weighted by Gasteiger charge is 2.21. The van der Waals surface area contributed by atoms with Gasteiger partial charge in [0.15, 0.2) is 0 Å². The molecule has 1 aromatic rings. The van der Waals surface area contributed by atoms with Crippen LogP contribution in [0.2, 0.25) is 0 Å². The molecule has 0 amide bonds. The van der Waals surface area contributed by atoms with E-state index < -0.39 is 0 Å². The second kappa shape index (κ2) is 5.19. The molecule has 15 heavy (non-hydrogen) atoms. The SMILES string of the molecule is OC[C@H]1CCCCN1Cc1cnccn1. The standard InChI is InChI=1S/C11H17N3O/c15-9-11-3-1-2-6-14(11)8-10-7-12-4-5-13-10/h4-5,7,11,15H,1-3,6,8-9H2/t11-/m1/s1. The lowest BCUT2D eigenvalue weighted by Crippen LogP contribution is -2.41. The number of hydrogen-bond donors (Lipinski definition) is 1. The van der Waals surface area contributed by atoms with Gasteiger partial charge in [0, 0.05) is 31.2 Å². The predicted octanol–water partition coefficient (Wildman–Crippen LogP) is 0.823. The summed E-state index contributed by atoms with van der Waals surface area (Å²) in [5, 5.41) is 9.26. The fourth-order valence-electron chi connectivity index (χ4n) is 2.09. The van der Waals surface area contributed by atoms with Gasteiger partial charge in [-0.05, 0) is 19.4 Å². The molecule has 1 aliphatic heterocycles. The molecule has 0 unspecified atom stereocenters. The summed E-state index contributed by atoms with van der Waals surface area (Å²) >= 11 is 0. The summed E-state index contributed by atoms with van der Waals surface area (Å²) in [5.74, 6) is 0. The van der Waals surface area contributed by atoms with E-state index in [4.69, 9.17) is 0 Å². The van der Waals surface area contributed by atoms with E-state index in [-0.39, 0.29) is 6.61 Å². The van der Waals surface area contributed by atoms with E-state index in [1.54, 1.807) is 18.6 Å². The smallest absolute Gasteiger partial charge is 0.0726 e. The Hall–Kier alpha value is -1.00. The van der Waals surface area contributed by atoms with Crippen molar-refractivity contribution < 1.29 is 5.11 Å². The second-order valence-electron chi connectivity index (χ2n) is 4.00. The van der Waals surface area contributed by atoms with Gasteiger partial charge in [-0.1, -0.05) is 6.42 Å². The van der Waals surface area contributed by atoms with Gasteiger partial charge in [-0.25, -0.2) is 0 Å². The molecule has 82 valence electrons. The fourth-order valence-corrected chi connectivity index (χ4v) is 2.09. The zero-order valence-corrected chi connectivity index (χ0v) is 8.84. The minimum atomic E-state index is 0.250. The first-order chi connectivity index (χ1) is 7.40. The van der Waals surface area contributed by atoms with E-state index in [2.05, 4.69) is 14.9 Å². The van der Waals surface area contributed by atoms with Crippen molar-refractivity contribution in [2.75, 3.05) is 13.2 Å². The number of aliphatic hydroxyl groups excluding tert-OH is 1. The summed E-state index contributed by atoms with van der Waals surface area (Å²) in [4.78, 5) is 10.6. The first-order valence-electron chi connectivity index (χ1n) is 5.50. The van der Waals surface area contributed by atoms with Crippen LogP contribution in [0.15, 0.2) is 18.6 Å². The number of piperidine rings is 1. The zero-order chi connectivity index (χ0) is 10.5. The van der Waals surface area contributed by atoms with E-state index in [1.165, 1.54) is 12.8 Å². The lowest BCUT2D eigenvalue weighted by Gasteiger charge is -2.34. The summed E-state index contributed by atoms with van der Waals surface area (Å²) in [6, 6.07) is 0.306. The normalized spacial score (nSPS) is 22.9. The molecule has 2 heterocycles. The van der Waals surface area contributed by atoms with Crippen LogP contribution >= 0.6 is 0 Å². The van der Waals surface area contributed by atoms with Crippen LogP contribution in [0.4, 0.5) is 0 Å². The molecule has 4 nitrogen and oxygen atoms in total. The van der Waals surface area contributed by atoms with Gasteiger partial charge in [0.1, 0.15) is 0 Å². The average Bonchev–Trinajstić information content (AvgIpc) is 2.31. The van der Waals surface area contributed by atoms with Crippen molar-refractivity contribution in [3.8, 4) is 0 Å². The molecule has 0 aromatic carbocycles. The fraction of sp³-hybridized carbons (Fsp3) is 0.636. The number of aliphatic hydroxyl groups is 1. The summed E-state index contributed by atoms with van der Waals surface area (Å²) in [6.07, 6.45) is 8.73. The number of aromatic nitrogens is 2. The number of hydrogen-bond acceptors (Lipinski definition) is 4. The molecule has 0 bridgehead atoms. The number of nitrogens with zero attached hydrogens (tertiary/aromatic N) is 3. The van der Waals surface area contributed by atoms with Crippen LogP contribution in [-0.4, -0.2) is 39.2 Å². The molecular weight excluding hydrogens is 190 g/mol. The van der Waals surface area contributed by atoms with Gasteiger partial charge in [-0.3, -0.25) is 14.9 Å². The van der Waals surface area contributed by atoms with Crippen molar-refractivity contribution in [2.45, 2.75) is 31.8 Å². The quantitative estimate of drug-likeness (QED) is 0.797. The van der Waals surface area contributed by atoms with Gasteiger partial charge in [-0.15, -0.1) is 0 Å². The monoisotopic (exact) mass is 207 g/mol. The van der Waals surface area contributed by atoms with Crippen molar-refractivity contribution in [2.24, 2.45) is 0 Å². The predicted molar refractivity (Wildman–Crippen MR) is 57.2 cm³/mol. The first-order valence-corrected chi connectivity index (χ1v) is 5.50. The third-order valence-electron chi connectivity index (χ3n) is 2.94. The van der Waals surface area contributed by atoms with Crippen molar-refractivity contribution in [3.63, 3.8) is 0 Å². The molecule has 2 rings (SSSR count). The van der Waals surface area contributed by atoms with E-state index >= 15 is 0 Å². The summed E-state index contributed by atoms with van der Waals surface area (Å²) < 4.78 is 0. The Kier molecular flexibility index (Phi) is 3.64. The molecule has 1 aromatic heterocycles. The lowest BCUT2D eigenvalue weighted by atomic mass is 10.0. The Bertz CT molecular complexity index is 291. The molecule has 0 spiro atoms. The molecule has 4 heteroatoms.